The molecule has 0 aliphatic rings. The molecular weight excluding hydrogens is 348 g/mol. The van der Waals surface area contributed by atoms with Crippen LogP contribution in [-0.4, -0.2) is 36.9 Å². The lowest BCUT2D eigenvalue weighted by Crippen LogP contribution is -2.30. The van der Waals surface area contributed by atoms with Gasteiger partial charge in [-0.15, -0.1) is 0 Å². The van der Waals surface area contributed by atoms with E-state index in [4.69, 9.17) is 0 Å². The average Bonchev–Trinajstić information content (AvgIpc) is 3.20. The molecule has 27 heavy (non-hydrogen) atoms. The van der Waals surface area contributed by atoms with Gasteiger partial charge in [0.2, 0.25) is 5.91 Å². The summed E-state index contributed by atoms with van der Waals surface area (Å²) < 4.78 is 3.14. The van der Waals surface area contributed by atoms with E-state index in [2.05, 4.69) is 15.5 Å². The van der Waals surface area contributed by atoms with E-state index in [-0.39, 0.29) is 18.1 Å². The zero-order chi connectivity index (χ0) is 19.4. The fourth-order valence-electron chi connectivity index (χ4n) is 2.85. The quantitative estimate of drug-likeness (QED) is 0.506. The number of aromatic nitrogens is 4. The molecule has 9 heteroatoms. The van der Waals surface area contributed by atoms with Gasteiger partial charge in [-0.3, -0.25) is 19.6 Å². The van der Waals surface area contributed by atoms with Gasteiger partial charge < -0.3 is 5.32 Å². The van der Waals surface area contributed by atoms with Crippen molar-refractivity contribution in [2.45, 2.75) is 26.8 Å². The van der Waals surface area contributed by atoms with E-state index in [0.717, 1.165) is 11.3 Å². The second-order valence-electron chi connectivity index (χ2n) is 6.16. The van der Waals surface area contributed by atoms with Gasteiger partial charge in [0, 0.05) is 12.7 Å². The van der Waals surface area contributed by atoms with Gasteiger partial charge in [-0.05, 0) is 38.0 Å². The number of carbonyl (C=O) groups excluding carboxylic acids is 1. The number of aryl methyl sites for hydroxylation is 1. The van der Waals surface area contributed by atoms with Gasteiger partial charge in [-0.1, -0.05) is 18.2 Å². The van der Waals surface area contributed by atoms with E-state index in [1.807, 2.05) is 36.5 Å². The van der Waals surface area contributed by atoms with E-state index in [9.17, 15) is 14.9 Å². The Morgan fingerprint density at radius 3 is 2.67 bits per heavy atom. The van der Waals surface area contributed by atoms with Crippen molar-refractivity contribution in [2.24, 2.45) is 0 Å². The molecule has 9 nitrogen and oxygen atoms in total. The van der Waals surface area contributed by atoms with Gasteiger partial charge in [0.15, 0.2) is 0 Å². The third kappa shape index (κ3) is 4.20. The summed E-state index contributed by atoms with van der Waals surface area (Å²) in [7, 11) is 0. The summed E-state index contributed by atoms with van der Waals surface area (Å²) in [5, 5.41) is 22.2. The number of para-hydroxylation sites is 1. The van der Waals surface area contributed by atoms with Crippen LogP contribution >= 0.6 is 0 Å². The van der Waals surface area contributed by atoms with Crippen LogP contribution in [-0.2, 0) is 17.8 Å². The van der Waals surface area contributed by atoms with Crippen molar-refractivity contribution in [3.8, 4) is 5.69 Å². The maximum absolute atomic E-state index is 12.1. The average molecular weight is 368 g/mol. The van der Waals surface area contributed by atoms with Crippen molar-refractivity contribution < 1.29 is 9.72 Å². The van der Waals surface area contributed by atoms with Crippen molar-refractivity contribution in [3.63, 3.8) is 0 Å². The molecule has 140 valence electrons. The molecule has 0 radical (unpaired) electrons. The summed E-state index contributed by atoms with van der Waals surface area (Å²) >= 11 is 0. The monoisotopic (exact) mass is 368 g/mol. The van der Waals surface area contributed by atoms with Crippen LogP contribution in [0.5, 0.6) is 0 Å². The van der Waals surface area contributed by atoms with Crippen molar-refractivity contribution in [1.29, 1.82) is 0 Å². The Labute approximate surface area is 155 Å². The predicted octanol–water partition coefficient (Wildman–Crippen LogP) is 1.95. The largest absolute Gasteiger partial charge is 0.354 e. The fraction of sp³-hybridized carbons (Fsp3) is 0.278. The first-order valence-corrected chi connectivity index (χ1v) is 8.50. The van der Waals surface area contributed by atoms with E-state index in [0.29, 0.717) is 24.4 Å². The predicted molar refractivity (Wildman–Crippen MR) is 98.6 cm³/mol. The molecule has 0 bridgehead atoms. The second kappa shape index (κ2) is 7.81. The molecular formula is C18H20N6O3. The highest BCUT2D eigenvalue weighted by atomic mass is 16.6. The van der Waals surface area contributed by atoms with Crippen LogP contribution in [0.25, 0.3) is 5.69 Å². The van der Waals surface area contributed by atoms with Crippen molar-refractivity contribution in [1.82, 2.24) is 24.9 Å². The SMILES string of the molecule is Cc1nn(CC(=O)NCCc2cnn(-c3ccccc3)c2)c(C)c1[N+](=O)[O-]. The Kier molecular flexibility index (Phi) is 5.30. The molecule has 2 aromatic heterocycles. The smallest absolute Gasteiger partial charge is 0.312 e. The molecule has 1 N–H and O–H groups in total. The minimum absolute atomic E-state index is 0.0453. The van der Waals surface area contributed by atoms with Crippen LogP contribution in [0.15, 0.2) is 42.7 Å². The highest BCUT2D eigenvalue weighted by molar-refractivity contribution is 5.75. The normalized spacial score (nSPS) is 10.7. The molecule has 3 rings (SSSR count). The minimum Gasteiger partial charge on any atom is -0.354 e. The maximum atomic E-state index is 12.1. The first-order valence-electron chi connectivity index (χ1n) is 8.50. The lowest BCUT2D eigenvalue weighted by Gasteiger charge is -2.05. The standard InChI is InChI=1S/C18H20N6O3/c1-13-18(24(26)27)14(2)22(21-13)12-17(25)19-9-8-15-10-20-23(11-15)16-6-4-3-5-7-16/h3-7,10-11H,8-9,12H2,1-2H3,(H,19,25). The first kappa shape index (κ1) is 18.3. The molecule has 0 spiro atoms. The maximum Gasteiger partial charge on any atom is 0.312 e. The Bertz CT molecular complexity index is 961. The van der Waals surface area contributed by atoms with Gasteiger partial charge in [-0.25, -0.2) is 4.68 Å². The van der Waals surface area contributed by atoms with Crippen LogP contribution in [0.1, 0.15) is 17.0 Å². The van der Waals surface area contributed by atoms with Crippen LogP contribution in [0.3, 0.4) is 0 Å². The molecule has 3 aromatic rings. The Morgan fingerprint density at radius 2 is 2.00 bits per heavy atom. The van der Waals surface area contributed by atoms with Gasteiger partial charge in [0.1, 0.15) is 17.9 Å². The second-order valence-corrected chi connectivity index (χ2v) is 6.16. The van der Waals surface area contributed by atoms with Crippen LogP contribution in [0.4, 0.5) is 5.69 Å². The van der Waals surface area contributed by atoms with Crippen molar-refractivity contribution >= 4 is 11.6 Å². The summed E-state index contributed by atoms with van der Waals surface area (Å²) in [5.74, 6) is -0.244. The number of nitrogens with zero attached hydrogens (tertiary/aromatic N) is 5. The zero-order valence-electron chi connectivity index (χ0n) is 15.1. The van der Waals surface area contributed by atoms with E-state index in [1.54, 1.807) is 24.7 Å². The third-order valence-electron chi connectivity index (χ3n) is 4.21. The number of hydrogen-bond donors (Lipinski definition) is 1. The molecule has 0 atom stereocenters. The van der Waals surface area contributed by atoms with Gasteiger partial charge in [0.05, 0.1) is 16.8 Å². The summed E-state index contributed by atoms with van der Waals surface area (Å²) in [6.07, 6.45) is 4.32. The lowest BCUT2D eigenvalue weighted by atomic mass is 10.2. The van der Waals surface area contributed by atoms with Crippen molar-refractivity contribution in [3.05, 3.63) is 69.8 Å². The highest BCUT2D eigenvalue weighted by Gasteiger charge is 2.22. The van der Waals surface area contributed by atoms with Gasteiger partial charge in [-0.2, -0.15) is 10.2 Å². The summed E-state index contributed by atoms with van der Waals surface area (Å²) in [4.78, 5) is 22.7. The zero-order valence-corrected chi connectivity index (χ0v) is 15.1. The molecule has 0 saturated carbocycles. The lowest BCUT2D eigenvalue weighted by molar-refractivity contribution is -0.386. The molecule has 2 heterocycles. The van der Waals surface area contributed by atoms with Crippen LogP contribution in [0.2, 0.25) is 0 Å². The molecule has 0 fully saturated rings. The number of nitro groups is 1. The molecule has 0 unspecified atom stereocenters. The Morgan fingerprint density at radius 1 is 1.26 bits per heavy atom. The van der Waals surface area contributed by atoms with E-state index in [1.165, 1.54) is 4.68 Å². The number of hydrogen-bond acceptors (Lipinski definition) is 5. The first-order chi connectivity index (χ1) is 13.0. The van der Waals surface area contributed by atoms with Gasteiger partial charge in [0.25, 0.3) is 0 Å². The fourth-order valence-corrected chi connectivity index (χ4v) is 2.85. The Hall–Kier alpha value is -3.49. The summed E-state index contributed by atoms with van der Waals surface area (Å²) in [6.45, 7) is 3.54. The minimum atomic E-state index is -0.476. The number of rotatable bonds is 7. The number of benzene rings is 1. The number of amides is 1. The molecule has 1 aromatic carbocycles. The van der Waals surface area contributed by atoms with E-state index < -0.39 is 4.92 Å². The molecule has 0 aliphatic heterocycles. The highest BCUT2D eigenvalue weighted by Crippen LogP contribution is 2.21. The summed E-state index contributed by atoms with van der Waals surface area (Å²) in [5.41, 5.74) is 2.60. The summed E-state index contributed by atoms with van der Waals surface area (Å²) in [6, 6.07) is 9.76. The van der Waals surface area contributed by atoms with E-state index >= 15 is 0 Å². The van der Waals surface area contributed by atoms with Gasteiger partial charge >= 0.3 is 5.69 Å². The Balaban J connectivity index is 1.53. The molecule has 0 aliphatic carbocycles. The molecule has 1 amide bonds. The number of carbonyl (C=O) groups is 1. The number of nitrogens with one attached hydrogen (secondary N) is 1. The van der Waals surface area contributed by atoms with Crippen LogP contribution in [0, 0.1) is 24.0 Å². The van der Waals surface area contributed by atoms with Crippen LogP contribution < -0.4 is 5.32 Å². The van der Waals surface area contributed by atoms with Crippen molar-refractivity contribution in [2.75, 3.05) is 6.54 Å². The third-order valence-corrected chi connectivity index (χ3v) is 4.21. The molecule has 0 saturated heterocycles. The topological polar surface area (TPSA) is 108 Å².